The van der Waals surface area contributed by atoms with Gasteiger partial charge >= 0.3 is 0 Å². The Hall–Kier alpha value is -2.48. The van der Waals surface area contributed by atoms with E-state index < -0.39 is 16.1 Å². The van der Waals surface area contributed by atoms with Crippen molar-refractivity contribution in [2.45, 2.75) is 23.8 Å². The first-order valence-electron chi connectivity index (χ1n) is 8.88. The maximum absolute atomic E-state index is 13.0. The van der Waals surface area contributed by atoms with Gasteiger partial charge in [-0.25, -0.2) is 8.42 Å². The molecular weight excluding hydrogens is 398 g/mol. The largest absolute Gasteiger partial charge is 0.323 e. The predicted molar refractivity (Wildman–Crippen MR) is 109 cm³/mol. The summed E-state index contributed by atoms with van der Waals surface area (Å²) in [7, 11) is -3.78. The average molecular weight is 416 g/mol. The lowest BCUT2D eigenvalue weighted by atomic mass is 10.2. The number of halogens is 1. The third-order valence-corrected chi connectivity index (χ3v) is 6.96. The SMILES string of the molecule is O=C(Nc1cnc2ccccc2c1)[C@H]1CCCN1S(=O)(=O)c1ccc(Cl)cc1. The molecule has 4 rings (SSSR count). The Balaban J connectivity index is 1.56. The van der Waals surface area contributed by atoms with Gasteiger partial charge in [0.2, 0.25) is 15.9 Å². The zero-order valence-corrected chi connectivity index (χ0v) is 16.4. The van der Waals surface area contributed by atoms with Crippen molar-refractivity contribution >= 4 is 44.1 Å². The maximum Gasteiger partial charge on any atom is 0.243 e. The molecule has 2 aromatic carbocycles. The van der Waals surface area contributed by atoms with Crippen molar-refractivity contribution in [2.75, 3.05) is 11.9 Å². The van der Waals surface area contributed by atoms with Crippen molar-refractivity contribution in [3.8, 4) is 0 Å². The highest BCUT2D eigenvalue weighted by atomic mass is 35.5. The third-order valence-electron chi connectivity index (χ3n) is 4.78. The minimum absolute atomic E-state index is 0.129. The first kappa shape index (κ1) is 18.9. The number of para-hydroxylation sites is 1. The summed E-state index contributed by atoms with van der Waals surface area (Å²) in [4.78, 5) is 17.3. The molecule has 1 saturated heterocycles. The van der Waals surface area contributed by atoms with E-state index in [0.717, 1.165) is 10.9 Å². The molecule has 1 aliphatic heterocycles. The normalized spacial score (nSPS) is 17.7. The zero-order chi connectivity index (χ0) is 19.7. The second kappa shape index (κ2) is 7.50. The van der Waals surface area contributed by atoms with E-state index >= 15 is 0 Å². The Bertz CT molecular complexity index is 1130. The van der Waals surface area contributed by atoms with Gasteiger partial charge in [-0.05, 0) is 49.2 Å². The number of rotatable bonds is 4. The highest BCUT2D eigenvalue weighted by Crippen LogP contribution is 2.28. The molecule has 0 bridgehead atoms. The molecule has 0 unspecified atom stereocenters. The van der Waals surface area contributed by atoms with Crippen molar-refractivity contribution in [3.63, 3.8) is 0 Å². The monoisotopic (exact) mass is 415 g/mol. The minimum Gasteiger partial charge on any atom is -0.323 e. The van der Waals surface area contributed by atoms with Crippen molar-refractivity contribution in [1.82, 2.24) is 9.29 Å². The van der Waals surface area contributed by atoms with Gasteiger partial charge in [0.1, 0.15) is 6.04 Å². The molecule has 0 spiro atoms. The molecular formula is C20H18ClN3O3S. The number of nitrogens with one attached hydrogen (secondary N) is 1. The van der Waals surface area contributed by atoms with Crippen LogP contribution in [-0.4, -0.2) is 36.2 Å². The van der Waals surface area contributed by atoms with Gasteiger partial charge in [-0.15, -0.1) is 0 Å². The number of fused-ring (bicyclic) bond motifs is 1. The van der Waals surface area contributed by atoms with Crippen molar-refractivity contribution in [3.05, 3.63) is 65.8 Å². The lowest BCUT2D eigenvalue weighted by molar-refractivity contribution is -0.119. The number of anilines is 1. The summed E-state index contributed by atoms with van der Waals surface area (Å²) in [6, 6.07) is 14.6. The van der Waals surface area contributed by atoms with Gasteiger partial charge < -0.3 is 5.32 Å². The van der Waals surface area contributed by atoms with Crippen molar-refractivity contribution in [1.29, 1.82) is 0 Å². The Kier molecular flexibility index (Phi) is 5.05. The van der Waals surface area contributed by atoms with E-state index in [1.165, 1.54) is 28.6 Å². The van der Waals surface area contributed by atoms with Gasteiger partial charge in [0, 0.05) is 17.0 Å². The van der Waals surface area contributed by atoms with E-state index in [9.17, 15) is 13.2 Å². The maximum atomic E-state index is 13.0. The summed E-state index contributed by atoms with van der Waals surface area (Å²) >= 11 is 5.85. The standard InChI is InChI=1S/C20H18ClN3O3S/c21-15-7-9-17(10-8-15)28(26,27)24-11-3-6-19(24)20(25)23-16-12-14-4-1-2-5-18(14)22-13-16/h1-2,4-5,7-10,12-13,19H,3,6,11H2,(H,23,25)/t19-/m1/s1. The van der Waals surface area contributed by atoms with Crippen LogP contribution in [-0.2, 0) is 14.8 Å². The van der Waals surface area contributed by atoms with Crippen LogP contribution in [0.3, 0.4) is 0 Å². The van der Waals surface area contributed by atoms with E-state index in [0.29, 0.717) is 30.1 Å². The molecule has 6 nitrogen and oxygen atoms in total. The van der Waals surface area contributed by atoms with Crippen LogP contribution < -0.4 is 5.32 Å². The summed E-state index contributed by atoms with van der Waals surface area (Å²) in [5.74, 6) is -0.355. The highest BCUT2D eigenvalue weighted by molar-refractivity contribution is 7.89. The first-order chi connectivity index (χ1) is 13.4. The molecule has 8 heteroatoms. The Morgan fingerprint density at radius 3 is 2.68 bits per heavy atom. The van der Waals surface area contributed by atoms with Crippen LogP contribution in [0.2, 0.25) is 5.02 Å². The summed E-state index contributed by atoms with van der Waals surface area (Å²) in [6.07, 6.45) is 2.67. The molecule has 0 aliphatic carbocycles. The Labute approximate surface area is 168 Å². The van der Waals surface area contributed by atoms with Crippen LogP contribution in [0.15, 0.2) is 65.7 Å². The molecule has 0 radical (unpaired) electrons. The number of amides is 1. The molecule has 1 fully saturated rings. The number of nitrogens with zero attached hydrogens (tertiary/aromatic N) is 2. The molecule has 1 atom stereocenters. The lowest BCUT2D eigenvalue weighted by Crippen LogP contribution is -2.43. The second-order valence-corrected chi connectivity index (χ2v) is 8.96. The van der Waals surface area contributed by atoms with Gasteiger partial charge in [-0.2, -0.15) is 4.31 Å². The number of carbonyl (C=O) groups excluding carboxylic acids is 1. The molecule has 144 valence electrons. The minimum atomic E-state index is -3.78. The fourth-order valence-electron chi connectivity index (χ4n) is 3.40. The van der Waals surface area contributed by atoms with Crippen molar-refractivity contribution < 1.29 is 13.2 Å². The molecule has 3 aromatic rings. The van der Waals surface area contributed by atoms with Crippen LogP contribution in [0.5, 0.6) is 0 Å². The van der Waals surface area contributed by atoms with Gasteiger partial charge in [0.25, 0.3) is 0 Å². The van der Waals surface area contributed by atoms with Crippen LogP contribution >= 0.6 is 11.6 Å². The van der Waals surface area contributed by atoms with E-state index in [2.05, 4.69) is 10.3 Å². The fourth-order valence-corrected chi connectivity index (χ4v) is 5.18. The molecule has 1 aromatic heterocycles. The van der Waals surface area contributed by atoms with E-state index in [1.54, 1.807) is 6.20 Å². The number of aromatic nitrogens is 1. The number of hydrogen-bond donors (Lipinski definition) is 1. The number of carbonyl (C=O) groups is 1. The highest BCUT2D eigenvalue weighted by Gasteiger charge is 2.39. The van der Waals surface area contributed by atoms with E-state index in [4.69, 9.17) is 11.6 Å². The molecule has 28 heavy (non-hydrogen) atoms. The summed E-state index contributed by atoms with van der Waals surface area (Å²) in [5.41, 5.74) is 1.37. The summed E-state index contributed by atoms with van der Waals surface area (Å²) in [5, 5.41) is 4.17. The molecule has 0 saturated carbocycles. The zero-order valence-electron chi connectivity index (χ0n) is 14.9. The quantitative estimate of drug-likeness (QED) is 0.704. The molecule has 1 aliphatic rings. The van der Waals surface area contributed by atoms with Crippen LogP contribution in [0, 0.1) is 0 Å². The van der Waals surface area contributed by atoms with Crippen molar-refractivity contribution in [2.24, 2.45) is 0 Å². The number of benzene rings is 2. The van der Waals surface area contributed by atoms with E-state index in [-0.39, 0.29) is 10.8 Å². The Morgan fingerprint density at radius 2 is 1.89 bits per heavy atom. The number of hydrogen-bond acceptors (Lipinski definition) is 4. The van der Waals surface area contributed by atoms with Gasteiger partial charge in [0.05, 0.1) is 22.3 Å². The van der Waals surface area contributed by atoms with Gasteiger partial charge in [-0.3, -0.25) is 9.78 Å². The van der Waals surface area contributed by atoms with Crippen LogP contribution in [0.25, 0.3) is 10.9 Å². The molecule has 1 amide bonds. The predicted octanol–water partition coefficient (Wildman–Crippen LogP) is 3.68. The molecule has 2 heterocycles. The summed E-state index contributed by atoms with van der Waals surface area (Å²) < 4.78 is 27.2. The number of pyridine rings is 1. The van der Waals surface area contributed by atoms with E-state index in [1.807, 2.05) is 30.3 Å². The van der Waals surface area contributed by atoms with Crippen LogP contribution in [0.4, 0.5) is 5.69 Å². The summed E-state index contributed by atoms with van der Waals surface area (Å²) in [6.45, 7) is 0.305. The van der Waals surface area contributed by atoms with Crippen LogP contribution in [0.1, 0.15) is 12.8 Å². The molecule has 1 N–H and O–H groups in total. The third kappa shape index (κ3) is 3.61. The first-order valence-corrected chi connectivity index (χ1v) is 10.7. The average Bonchev–Trinajstić information content (AvgIpc) is 3.19. The lowest BCUT2D eigenvalue weighted by Gasteiger charge is -2.23. The topological polar surface area (TPSA) is 79.4 Å². The fraction of sp³-hybridized carbons (Fsp3) is 0.200. The van der Waals surface area contributed by atoms with Gasteiger partial charge in [0.15, 0.2) is 0 Å². The second-order valence-electron chi connectivity index (χ2n) is 6.63. The van der Waals surface area contributed by atoms with Gasteiger partial charge in [-0.1, -0.05) is 29.8 Å². The smallest absolute Gasteiger partial charge is 0.243 e. The Morgan fingerprint density at radius 1 is 1.14 bits per heavy atom. The number of sulfonamides is 1.